The molecule has 0 aromatic carbocycles. The number of hydrogen-bond donors (Lipinski definition) is 1. The van der Waals surface area contributed by atoms with Gasteiger partial charge in [-0.2, -0.15) is 0 Å². The zero-order valence-electron chi connectivity index (χ0n) is 15.3. The summed E-state index contributed by atoms with van der Waals surface area (Å²) in [7, 11) is 1.77. The Bertz CT molecular complexity index is 833. The van der Waals surface area contributed by atoms with Crippen LogP contribution in [0.2, 0.25) is 0 Å². The summed E-state index contributed by atoms with van der Waals surface area (Å²) < 4.78 is 1.59. The Labute approximate surface area is 153 Å². The van der Waals surface area contributed by atoms with Gasteiger partial charge in [-0.05, 0) is 38.5 Å². The molecule has 3 heterocycles. The molecule has 1 fully saturated rings. The van der Waals surface area contributed by atoms with Crippen LogP contribution in [0.3, 0.4) is 0 Å². The Hall–Kier alpha value is -2.44. The highest BCUT2D eigenvalue weighted by molar-refractivity contribution is 5.48. The van der Waals surface area contributed by atoms with Gasteiger partial charge in [-0.3, -0.25) is 4.79 Å². The van der Waals surface area contributed by atoms with Crippen LogP contribution in [0, 0.1) is 0 Å². The minimum Gasteiger partial charge on any atom is -0.365 e. The second-order valence-electron chi connectivity index (χ2n) is 7.30. The normalized spacial score (nSPS) is 20.3. The summed E-state index contributed by atoms with van der Waals surface area (Å²) in [6, 6.07) is 0.262. The second-order valence-corrected chi connectivity index (χ2v) is 7.30. The molecule has 1 aliphatic carbocycles. The lowest BCUT2D eigenvalue weighted by molar-refractivity contribution is 0.522. The van der Waals surface area contributed by atoms with Crippen LogP contribution >= 0.6 is 0 Å². The zero-order valence-corrected chi connectivity index (χ0v) is 15.3. The molecule has 0 unspecified atom stereocenters. The van der Waals surface area contributed by atoms with Gasteiger partial charge in [0.15, 0.2) is 5.82 Å². The van der Waals surface area contributed by atoms with Crippen LogP contribution in [0.15, 0.2) is 23.5 Å². The minimum absolute atomic E-state index is 0.0379. The standard InChI is InChI=1S/C19H26N6O/c1-24-11-9-20-18(19(24)26)25-10-5-6-14(12-25)23-17-15-7-3-2-4-8-16(15)21-13-22-17/h9,11,13-14H,2-8,10,12H2,1H3,(H,21,22,23)/t14-/m0/s1. The van der Waals surface area contributed by atoms with E-state index >= 15 is 0 Å². The van der Waals surface area contributed by atoms with E-state index in [0.29, 0.717) is 5.82 Å². The van der Waals surface area contributed by atoms with Gasteiger partial charge in [-0.15, -0.1) is 0 Å². The summed E-state index contributed by atoms with van der Waals surface area (Å²) >= 11 is 0. The Morgan fingerprint density at radius 1 is 1.12 bits per heavy atom. The van der Waals surface area contributed by atoms with Crippen molar-refractivity contribution in [1.82, 2.24) is 19.5 Å². The monoisotopic (exact) mass is 354 g/mol. The summed E-state index contributed by atoms with van der Waals surface area (Å²) in [5, 5.41) is 3.64. The fraction of sp³-hybridized carbons (Fsp3) is 0.579. The maximum absolute atomic E-state index is 12.4. The molecule has 1 aliphatic heterocycles. The average molecular weight is 354 g/mol. The predicted octanol–water partition coefficient (Wildman–Crippen LogP) is 1.92. The summed E-state index contributed by atoms with van der Waals surface area (Å²) in [4.78, 5) is 27.8. The third kappa shape index (κ3) is 3.43. The van der Waals surface area contributed by atoms with Crippen LogP contribution in [0.5, 0.6) is 0 Å². The molecular weight excluding hydrogens is 328 g/mol. The Morgan fingerprint density at radius 3 is 2.92 bits per heavy atom. The van der Waals surface area contributed by atoms with Crippen molar-refractivity contribution >= 4 is 11.6 Å². The number of hydrogen-bond acceptors (Lipinski definition) is 6. The van der Waals surface area contributed by atoms with Crippen molar-refractivity contribution in [3.8, 4) is 0 Å². The first kappa shape index (κ1) is 17.0. The number of nitrogens with one attached hydrogen (secondary N) is 1. The molecule has 0 amide bonds. The molecule has 1 saturated heterocycles. The lowest BCUT2D eigenvalue weighted by Crippen LogP contribution is -2.45. The van der Waals surface area contributed by atoms with Crippen molar-refractivity contribution in [1.29, 1.82) is 0 Å². The molecule has 4 rings (SSSR count). The van der Waals surface area contributed by atoms with E-state index in [1.165, 1.54) is 30.5 Å². The molecule has 0 bridgehead atoms. The number of rotatable bonds is 3. The number of piperidine rings is 1. The fourth-order valence-electron chi connectivity index (χ4n) is 4.00. The smallest absolute Gasteiger partial charge is 0.293 e. The van der Waals surface area contributed by atoms with Gasteiger partial charge < -0.3 is 14.8 Å². The first-order chi connectivity index (χ1) is 12.7. The van der Waals surface area contributed by atoms with E-state index in [1.807, 2.05) is 0 Å². The van der Waals surface area contributed by atoms with E-state index < -0.39 is 0 Å². The lowest BCUT2D eigenvalue weighted by Gasteiger charge is -2.34. The summed E-state index contributed by atoms with van der Waals surface area (Å²) in [6.07, 6.45) is 13.0. The van der Waals surface area contributed by atoms with E-state index in [-0.39, 0.29) is 11.6 Å². The highest BCUT2D eigenvalue weighted by Gasteiger charge is 2.24. The van der Waals surface area contributed by atoms with E-state index in [4.69, 9.17) is 0 Å². The molecule has 2 aromatic rings. The number of fused-ring (bicyclic) bond motifs is 1. The molecule has 7 nitrogen and oxygen atoms in total. The SMILES string of the molecule is Cn1ccnc(N2CCC[C@H](Nc3ncnc4c3CCCCC4)C2)c1=O. The van der Waals surface area contributed by atoms with Crippen LogP contribution in [0.25, 0.3) is 0 Å². The molecule has 26 heavy (non-hydrogen) atoms. The number of aryl methyl sites for hydroxylation is 2. The van der Waals surface area contributed by atoms with Crippen molar-refractivity contribution in [2.24, 2.45) is 7.05 Å². The van der Waals surface area contributed by atoms with Crippen LogP contribution in [0.4, 0.5) is 11.6 Å². The van der Waals surface area contributed by atoms with Crippen LogP contribution in [-0.2, 0) is 19.9 Å². The van der Waals surface area contributed by atoms with Gasteiger partial charge in [0.1, 0.15) is 12.1 Å². The summed E-state index contributed by atoms with van der Waals surface area (Å²) in [5.41, 5.74) is 2.45. The lowest BCUT2D eigenvalue weighted by atomic mass is 10.0. The van der Waals surface area contributed by atoms with E-state index in [2.05, 4.69) is 25.2 Å². The van der Waals surface area contributed by atoms with Crippen LogP contribution in [-0.4, -0.2) is 38.7 Å². The predicted molar refractivity (Wildman–Crippen MR) is 102 cm³/mol. The van der Waals surface area contributed by atoms with Crippen LogP contribution < -0.4 is 15.8 Å². The summed E-state index contributed by atoms with van der Waals surface area (Å²) in [5.74, 6) is 1.53. The largest absolute Gasteiger partial charge is 0.365 e. The highest BCUT2D eigenvalue weighted by atomic mass is 16.1. The molecule has 1 atom stereocenters. The Balaban J connectivity index is 1.53. The van der Waals surface area contributed by atoms with Crippen molar-refractivity contribution in [3.63, 3.8) is 0 Å². The number of nitrogens with zero attached hydrogens (tertiary/aromatic N) is 5. The van der Waals surface area contributed by atoms with Gasteiger partial charge in [0.05, 0.1) is 0 Å². The molecule has 0 saturated carbocycles. The molecule has 7 heteroatoms. The van der Waals surface area contributed by atoms with E-state index in [0.717, 1.165) is 44.6 Å². The average Bonchev–Trinajstić information content (AvgIpc) is 2.91. The van der Waals surface area contributed by atoms with Crippen molar-refractivity contribution in [2.45, 2.75) is 51.0 Å². The third-order valence-electron chi connectivity index (χ3n) is 5.44. The van der Waals surface area contributed by atoms with Crippen molar-refractivity contribution in [3.05, 3.63) is 40.3 Å². The molecule has 0 radical (unpaired) electrons. The van der Waals surface area contributed by atoms with Gasteiger partial charge in [0.2, 0.25) is 0 Å². The number of aromatic nitrogens is 4. The van der Waals surface area contributed by atoms with E-state index in [9.17, 15) is 4.79 Å². The van der Waals surface area contributed by atoms with Crippen LogP contribution in [0.1, 0.15) is 43.4 Å². The maximum Gasteiger partial charge on any atom is 0.293 e. The molecular formula is C19H26N6O. The minimum atomic E-state index is -0.0379. The molecule has 1 N–H and O–H groups in total. The molecule has 0 spiro atoms. The topological polar surface area (TPSA) is 75.9 Å². The highest BCUT2D eigenvalue weighted by Crippen LogP contribution is 2.26. The van der Waals surface area contributed by atoms with Crippen molar-refractivity contribution in [2.75, 3.05) is 23.3 Å². The first-order valence-corrected chi connectivity index (χ1v) is 9.58. The zero-order chi connectivity index (χ0) is 17.9. The van der Waals surface area contributed by atoms with Gasteiger partial charge in [-0.25, -0.2) is 15.0 Å². The molecule has 2 aliphatic rings. The number of anilines is 2. The fourth-order valence-corrected chi connectivity index (χ4v) is 4.00. The Kier molecular flexibility index (Phi) is 4.86. The van der Waals surface area contributed by atoms with Crippen molar-refractivity contribution < 1.29 is 0 Å². The van der Waals surface area contributed by atoms with Gasteiger partial charge in [-0.1, -0.05) is 6.42 Å². The quantitative estimate of drug-likeness (QED) is 0.849. The molecule has 2 aromatic heterocycles. The Morgan fingerprint density at radius 2 is 2.00 bits per heavy atom. The molecule has 138 valence electrons. The first-order valence-electron chi connectivity index (χ1n) is 9.58. The second kappa shape index (κ2) is 7.43. The van der Waals surface area contributed by atoms with Gasteiger partial charge >= 0.3 is 0 Å². The van der Waals surface area contributed by atoms with Gasteiger partial charge in [0, 0.05) is 49.8 Å². The summed E-state index contributed by atoms with van der Waals surface area (Å²) in [6.45, 7) is 1.64. The van der Waals surface area contributed by atoms with E-state index in [1.54, 1.807) is 30.3 Å². The third-order valence-corrected chi connectivity index (χ3v) is 5.44. The van der Waals surface area contributed by atoms with Gasteiger partial charge in [0.25, 0.3) is 5.56 Å². The maximum atomic E-state index is 12.4.